The molecule has 1 heterocycles. The number of benzene rings is 1. The molecule has 1 aromatic carbocycles. The van der Waals surface area contributed by atoms with Crippen molar-refractivity contribution in [1.82, 2.24) is 10.2 Å². The highest BCUT2D eigenvalue weighted by atomic mass is 32.2. The number of primary sulfonamides is 1. The summed E-state index contributed by atoms with van der Waals surface area (Å²) in [6.45, 7) is 3.00. The lowest BCUT2D eigenvalue weighted by Crippen LogP contribution is -2.46. The van der Waals surface area contributed by atoms with Crippen LogP contribution >= 0.6 is 0 Å². The number of nitrogens with two attached hydrogens (primary N) is 1. The highest BCUT2D eigenvalue weighted by Crippen LogP contribution is 2.22. The van der Waals surface area contributed by atoms with Crippen molar-refractivity contribution in [2.24, 2.45) is 5.14 Å². The molecule has 0 atom stereocenters. The van der Waals surface area contributed by atoms with E-state index in [4.69, 9.17) is 14.6 Å². The maximum absolute atomic E-state index is 12.6. The van der Waals surface area contributed by atoms with Crippen LogP contribution in [-0.2, 0) is 14.8 Å². The van der Waals surface area contributed by atoms with Crippen LogP contribution < -0.4 is 15.2 Å². The first kappa shape index (κ1) is 20.0. The quantitative estimate of drug-likeness (QED) is 0.768. The number of ether oxygens (including phenoxy) is 2. The van der Waals surface area contributed by atoms with Gasteiger partial charge in [0.2, 0.25) is 10.0 Å². The molecule has 1 aliphatic heterocycles. The van der Waals surface area contributed by atoms with Crippen LogP contribution in [0.2, 0.25) is 0 Å². The topological polar surface area (TPSA) is 128 Å². The number of hydrogen-bond acceptors (Lipinski definition) is 6. The molecule has 0 bridgehead atoms. The van der Waals surface area contributed by atoms with E-state index in [1.165, 1.54) is 25.3 Å². The Hall–Kier alpha value is -2.33. The molecule has 144 valence electrons. The van der Waals surface area contributed by atoms with E-state index in [2.05, 4.69) is 5.32 Å². The molecule has 0 unspecified atom stereocenters. The number of carbonyl (C=O) groups is 2. The van der Waals surface area contributed by atoms with Gasteiger partial charge >= 0.3 is 6.09 Å². The fourth-order valence-corrected chi connectivity index (χ4v) is 3.27. The number of hydrogen-bond donors (Lipinski definition) is 2. The van der Waals surface area contributed by atoms with Crippen molar-refractivity contribution in [3.05, 3.63) is 23.8 Å². The number of nitrogens with zero attached hydrogens (tertiary/aromatic N) is 1. The predicted octanol–water partition coefficient (Wildman–Crippen LogP) is 0.693. The summed E-state index contributed by atoms with van der Waals surface area (Å²) in [6, 6.07) is 3.72. The average molecular weight is 385 g/mol. The van der Waals surface area contributed by atoms with Crippen LogP contribution in [0.1, 0.15) is 30.1 Å². The summed E-state index contributed by atoms with van der Waals surface area (Å²) < 4.78 is 33.1. The van der Waals surface area contributed by atoms with Crippen LogP contribution in [0.4, 0.5) is 4.79 Å². The lowest BCUT2D eigenvalue weighted by atomic mass is 10.0. The van der Waals surface area contributed by atoms with Crippen molar-refractivity contribution in [2.45, 2.75) is 30.7 Å². The minimum absolute atomic E-state index is 0.0897. The van der Waals surface area contributed by atoms with Gasteiger partial charge in [-0.05, 0) is 38.0 Å². The van der Waals surface area contributed by atoms with Crippen LogP contribution in [0, 0.1) is 0 Å². The molecule has 1 saturated heterocycles. The third kappa shape index (κ3) is 4.85. The highest BCUT2D eigenvalue weighted by molar-refractivity contribution is 7.89. The van der Waals surface area contributed by atoms with Crippen molar-refractivity contribution in [3.8, 4) is 5.75 Å². The van der Waals surface area contributed by atoms with Crippen LogP contribution in [0.5, 0.6) is 5.75 Å². The van der Waals surface area contributed by atoms with E-state index in [1.807, 2.05) is 0 Å². The molecule has 0 saturated carbocycles. The SMILES string of the molecule is CCOC(=O)N1CCC(NC(=O)c2cc(S(N)(=O)=O)ccc2OC)CC1. The average Bonchev–Trinajstić information content (AvgIpc) is 2.61. The Balaban J connectivity index is 2.05. The van der Waals surface area contributed by atoms with Crippen molar-refractivity contribution in [2.75, 3.05) is 26.8 Å². The van der Waals surface area contributed by atoms with Crippen LogP contribution in [0.3, 0.4) is 0 Å². The number of piperidine rings is 1. The minimum Gasteiger partial charge on any atom is -0.496 e. The van der Waals surface area contributed by atoms with Crippen molar-refractivity contribution in [1.29, 1.82) is 0 Å². The van der Waals surface area contributed by atoms with E-state index in [0.29, 0.717) is 32.5 Å². The molecule has 0 aliphatic carbocycles. The fraction of sp³-hybridized carbons (Fsp3) is 0.500. The van der Waals surface area contributed by atoms with Gasteiger partial charge in [-0.1, -0.05) is 0 Å². The second kappa shape index (κ2) is 8.37. The van der Waals surface area contributed by atoms with Crippen molar-refractivity contribution in [3.63, 3.8) is 0 Å². The van der Waals surface area contributed by atoms with Gasteiger partial charge in [-0.2, -0.15) is 0 Å². The Kier molecular flexibility index (Phi) is 6.43. The van der Waals surface area contributed by atoms with Gasteiger partial charge < -0.3 is 19.7 Å². The molecule has 0 spiro atoms. The first-order valence-electron chi connectivity index (χ1n) is 8.19. The maximum Gasteiger partial charge on any atom is 0.409 e. The van der Waals surface area contributed by atoms with Gasteiger partial charge in [0.15, 0.2) is 0 Å². The zero-order valence-electron chi connectivity index (χ0n) is 14.7. The molecular weight excluding hydrogens is 362 g/mol. The summed E-state index contributed by atoms with van der Waals surface area (Å²) >= 11 is 0. The Morgan fingerprint density at radius 2 is 1.96 bits per heavy atom. The summed E-state index contributed by atoms with van der Waals surface area (Å²) in [7, 11) is -2.54. The molecule has 10 heteroatoms. The molecule has 1 aromatic rings. The third-order valence-corrected chi connectivity index (χ3v) is 5.01. The molecule has 26 heavy (non-hydrogen) atoms. The normalized spacial score (nSPS) is 15.4. The van der Waals surface area contributed by atoms with E-state index >= 15 is 0 Å². The highest BCUT2D eigenvalue weighted by Gasteiger charge is 2.26. The van der Waals surface area contributed by atoms with E-state index in [0.717, 1.165) is 0 Å². The van der Waals surface area contributed by atoms with Crippen LogP contribution in [0.15, 0.2) is 23.1 Å². The van der Waals surface area contributed by atoms with E-state index in [-0.39, 0.29) is 28.3 Å². The number of likely N-dealkylation sites (tertiary alicyclic amines) is 1. The zero-order chi connectivity index (χ0) is 19.3. The van der Waals surface area contributed by atoms with Crippen molar-refractivity contribution < 1.29 is 27.5 Å². The Morgan fingerprint density at radius 1 is 1.31 bits per heavy atom. The van der Waals surface area contributed by atoms with Gasteiger partial charge in [-0.3, -0.25) is 4.79 Å². The van der Waals surface area contributed by atoms with Gasteiger partial charge in [0.1, 0.15) is 5.75 Å². The van der Waals surface area contributed by atoms with Gasteiger partial charge in [0, 0.05) is 19.1 Å². The lowest BCUT2D eigenvalue weighted by molar-refractivity contribution is 0.0858. The van der Waals surface area contributed by atoms with Gasteiger partial charge in [-0.25, -0.2) is 18.4 Å². The molecule has 9 nitrogen and oxygen atoms in total. The minimum atomic E-state index is -3.93. The number of methoxy groups -OCH3 is 1. The van der Waals surface area contributed by atoms with Crippen LogP contribution in [0.25, 0.3) is 0 Å². The smallest absolute Gasteiger partial charge is 0.409 e. The number of sulfonamides is 1. The number of rotatable bonds is 5. The summed E-state index contributed by atoms with van der Waals surface area (Å²) in [5.74, 6) is -0.208. The molecule has 2 amide bonds. The van der Waals surface area contributed by atoms with Gasteiger partial charge in [-0.15, -0.1) is 0 Å². The molecule has 2 rings (SSSR count). The van der Waals surface area contributed by atoms with E-state index < -0.39 is 15.9 Å². The first-order chi connectivity index (χ1) is 12.3. The molecule has 3 N–H and O–H groups in total. The number of nitrogens with one attached hydrogen (secondary N) is 1. The van der Waals surface area contributed by atoms with Gasteiger partial charge in [0.05, 0.1) is 24.2 Å². The Bertz CT molecular complexity index is 772. The second-order valence-electron chi connectivity index (χ2n) is 5.84. The summed E-state index contributed by atoms with van der Waals surface area (Å²) in [6.07, 6.45) is 0.781. The lowest BCUT2D eigenvalue weighted by Gasteiger charge is -2.31. The van der Waals surface area contributed by atoms with E-state index in [9.17, 15) is 18.0 Å². The molecule has 1 aliphatic rings. The maximum atomic E-state index is 12.6. The standard InChI is InChI=1S/C16H23N3O6S/c1-3-25-16(21)19-8-6-11(7-9-19)18-15(20)13-10-12(26(17,22)23)4-5-14(13)24-2/h4-5,10-11H,3,6-9H2,1-2H3,(H,18,20)(H2,17,22,23). The molecule has 1 fully saturated rings. The summed E-state index contributed by atoms with van der Waals surface area (Å²) in [5, 5.41) is 7.97. The number of amides is 2. The zero-order valence-corrected chi connectivity index (χ0v) is 15.5. The largest absolute Gasteiger partial charge is 0.496 e. The first-order valence-corrected chi connectivity index (χ1v) is 9.74. The molecular formula is C16H23N3O6S. The monoisotopic (exact) mass is 385 g/mol. The van der Waals surface area contributed by atoms with Crippen LogP contribution in [-0.4, -0.2) is 58.2 Å². The summed E-state index contributed by atoms with van der Waals surface area (Å²) in [5.41, 5.74) is 0.0897. The van der Waals surface area contributed by atoms with Gasteiger partial charge in [0.25, 0.3) is 5.91 Å². The third-order valence-electron chi connectivity index (χ3n) is 4.10. The van der Waals surface area contributed by atoms with E-state index in [1.54, 1.807) is 11.8 Å². The Labute approximate surface area is 152 Å². The molecule has 0 aromatic heterocycles. The second-order valence-corrected chi connectivity index (χ2v) is 7.40. The fourth-order valence-electron chi connectivity index (χ4n) is 2.73. The number of carbonyl (C=O) groups excluding carboxylic acids is 2. The molecule has 0 radical (unpaired) electrons. The predicted molar refractivity (Wildman–Crippen MR) is 93.5 cm³/mol. The Morgan fingerprint density at radius 3 is 2.50 bits per heavy atom. The van der Waals surface area contributed by atoms with Crippen molar-refractivity contribution >= 4 is 22.0 Å². The summed E-state index contributed by atoms with van der Waals surface area (Å²) in [4.78, 5) is 25.7.